The van der Waals surface area contributed by atoms with Gasteiger partial charge in [0.1, 0.15) is 14.9 Å². The third-order valence-corrected chi connectivity index (χ3v) is 11.7. The molecule has 0 aliphatic carbocycles. The molecule has 1 saturated heterocycles. The van der Waals surface area contributed by atoms with Crippen LogP contribution in [0.2, 0.25) is 10.0 Å². The normalized spacial score (nSPS) is 15.7. The number of carboxylic acids is 1. The van der Waals surface area contributed by atoms with Gasteiger partial charge in [0.15, 0.2) is 23.9 Å². The number of aliphatic hydroxyl groups is 1. The molecular formula is C35H39Cl2N3O8S2. The van der Waals surface area contributed by atoms with E-state index in [-0.39, 0.29) is 47.0 Å². The fourth-order valence-corrected chi connectivity index (χ4v) is 8.50. The zero-order valence-electron chi connectivity index (χ0n) is 27.8. The number of piperidine rings is 1. The summed E-state index contributed by atoms with van der Waals surface area (Å²) < 4.78 is 17.2. The summed E-state index contributed by atoms with van der Waals surface area (Å²) in [5.41, 5.74) is -0.268. The van der Waals surface area contributed by atoms with Crippen LogP contribution in [-0.4, -0.2) is 74.6 Å². The number of pyridine rings is 1. The number of aromatic carboxylic acids is 1. The van der Waals surface area contributed by atoms with Gasteiger partial charge in [-0.25, -0.2) is 9.59 Å². The molecule has 1 unspecified atom stereocenters. The Morgan fingerprint density at radius 2 is 1.82 bits per heavy atom. The molecule has 11 nitrogen and oxygen atoms in total. The Morgan fingerprint density at radius 1 is 1.12 bits per heavy atom. The largest absolute Gasteiger partial charge is 0.619 e. The van der Waals surface area contributed by atoms with Crippen molar-refractivity contribution in [3.05, 3.63) is 101 Å². The lowest BCUT2D eigenvalue weighted by Gasteiger charge is -2.30. The van der Waals surface area contributed by atoms with Gasteiger partial charge in [-0.3, -0.25) is 0 Å². The summed E-state index contributed by atoms with van der Waals surface area (Å²) in [5, 5.41) is 39.3. The molecule has 4 aromatic rings. The molecule has 50 heavy (non-hydrogen) atoms. The molecule has 2 atom stereocenters. The Morgan fingerprint density at radius 3 is 2.44 bits per heavy atom. The van der Waals surface area contributed by atoms with Gasteiger partial charge < -0.3 is 39.8 Å². The van der Waals surface area contributed by atoms with Crippen LogP contribution in [0, 0.1) is 11.1 Å². The van der Waals surface area contributed by atoms with E-state index in [2.05, 4.69) is 17.3 Å². The van der Waals surface area contributed by atoms with E-state index < -0.39 is 23.5 Å². The summed E-state index contributed by atoms with van der Waals surface area (Å²) in [6, 6.07) is 10.5. The van der Waals surface area contributed by atoms with E-state index in [1.54, 1.807) is 35.7 Å². The maximum Gasteiger partial charge on any atom is 0.346 e. The number of methoxy groups -OCH3 is 2. The van der Waals surface area contributed by atoms with Crippen molar-refractivity contribution in [3.8, 4) is 11.5 Å². The average Bonchev–Trinajstić information content (AvgIpc) is 3.79. The zero-order chi connectivity index (χ0) is 36.0. The smallest absolute Gasteiger partial charge is 0.346 e. The van der Waals surface area contributed by atoms with Crippen LogP contribution in [0.15, 0.2) is 54.2 Å². The number of hydrogen-bond donors (Lipinski definition) is 3. The van der Waals surface area contributed by atoms with E-state index in [9.17, 15) is 25.0 Å². The number of nitrogens with one attached hydrogen (secondary N) is 1. The second-order valence-electron chi connectivity index (χ2n) is 12.3. The van der Waals surface area contributed by atoms with Gasteiger partial charge in [-0.15, -0.1) is 22.7 Å². The highest BCUT2D eigenvalue weighted by Crippen LogP contribution is 2.41. The Labute approximate surface area is 308 Å². The van der Waals surface area contributed by atoms with Gasteiger partial charge >= 0.3 is 11.9 Å². The molecule has 3 aromatic heterocycles. The number of carbonyl (C=O) groups excluding carboxylic acids is 1. The quantitative estimate of drug-likeness (QED) is 0.0784. The maximum absolute atomic E-state index is 13.4. The van der Waals surface area contributed by atoms with Crippen molar-refractivity contribution in [1.82, 2.24) is 10.2 Å². The first-order chi connectivity index (χ1) is 23.9. The molecule has 0 amide bonds. The number of esters is 1. The third-order valence-electron chi connectivity index (χ3n) is 8.89. The summed E-state index contributed by atoms with van der Waals surface area (Å²) in [5.74, 6) is -1.26. The van der Waals surface area contributed by atoms with E-state index >= 15 is 0 Å². The molecule has 4 heterocycles. The fourth-order valence-electron chi connectivity index (χ4n) is 6.06. The van der Waals surface area contributed by atoms with Crippen molar-refractivity contribution >= 4 is 57.8 Å². The van der Waals surface area contributed by atoms with Crippen LogP contribution in [0.3, 0.4) is 0 Å². The first kappa shape index (κ1) is 37.8. The average molecular weight is 765 g/mol. The first-order valence-corrected chi connectivity index (χ1v) is 18.4. The lowest BCUT2D eigenvalue weighted by Crippen LogP contribution is -2.46. The second kappa shape index (κ2) is 16.7. The number of likely N-dealkylation sites (tertiary alicyclic amines) is 1. The van der Waals surface area contributed by atoms with Crippen LogP contribution in [0.5, 0.6) is 11.5 Å². The summed E-state index contributed by atoms with van der Waals surface area (Å²) in [6.07, 6.45) is 4.39. The summed E-state index contributed by atoms with van der Waals surface area (Å²) in [6.45, 7) is 2.09. The van der Waals surface area contributed by atoms with Crippen molar-refractivity contribution in [1.29, 1.82) is 0 Å². The van der Waals surface area contributed by atoms with Gasteiger partial charge in [-0.05, 0) is 86.1 Å². The molecule has 15 heteroatoms. The molecule has 0 spiro atoms. The number of carboxylic acid groups (broad SMARTS) is 1. The molecule has 3 N–H and O–H groups in total. The molecule has 0 radical (unpaired) electrons. The minimum Gasteiger partial charge on any atom is -0.619 e. The Hall–Kier alpha value is -3.43. The van der Waals surface area contributed by atoms with E-state index in [4.69, 9.17) is 37.4 Å². The van der Waals surface area contributed by atoms with Gasteiger partial charge in [-0.2, -0.15) is 4.73 Å². The van der Waals surface area contributed by atoms with Gasteiger partial charge in [0.2, 0.25) is 5.60 Å². The molecule has 5 rings (SSSR count). The van der Waals surface area contributed by atoms with Crippen LogP contribution >= 0.6 is 45.9 Å². The van der Waals surface area contributed by atoms with Crippen LogP contribution in [0.4, 0.5) is 0 Å². The number of thiophene rings is 2. The van der Waals surface area contributed by atoms with Gasteiger partial charge in [-0.1, -0.05) is 35.3 Å². The van der Waals surface area contributed by atoms with Crippen LogP contribution in [-0.2, 0) is 28.1 Å². The van der Waals surface area contributed by atoms with Crippen LogP contribution in [0.1, 0.15) is 54.9 Å². The number of hydrogen-bond acceptors (Lipinski definition) is 11. The van der Waals surface area contributed by atoms with E-state index in [1.165, 1.54) is 38.0 Å². The van der Waals surface area contributed by atoms with Gasteiger partial charge in [0.25, 0.3) is 0 Å². The number of benzene rings is 1. The molecule has 268 valence electrons. The Bertz CT molecular complexity index is 1770. The lowest BCUT2D eigenvalue weighted by atomic mass is 9.85. The molecule has 0 saturated carbocycles. The topological polar surface area (TPSA) is 144 Å². The molecule has 1 aromatic carbocycles. The summed E-state index contributed by atoms with van der Waals surface area (Å²) in [4.78, 5) is 29.5. The molecule has 0 bridgehead atoms. The standard InChI is InChI=1S/C35H39Cl2N3O8S2/c1-39-10-8-21(9-11-39)19-48-34(43)35(44,31-5-4-12-49-31)20-38-16-23-14-25(32(50-23)33(41)42)24(15-26-27(36)17-40(45)18-28(26)37)22-6-7-29(46-2)30(13-22)47-3/h4-7,12-14,17-18,21,24,38,44H,8-11,15-16,19-20H2,1-3H3,(H,41,42)/t24-,35?/m0/s1. The number of ether oxygens (including phenoxy) is 3. The molecular weight excluding hydrogens is 725 g/mol. The number of nitrogens with zero attached hydrogens (tertiary/aromatic N) is 2. The highest BCUT2D eigenvalue weighted by atomic mass is 35.5. The van der Waals surface area contributed by atoms with E-state index in [0.29, 0.717) is 42.7 Å². The number of carbonyl (C=O) groups is 2. The van der Waals surface area contributed by atoms with Crippen molar-refractivity contribution in [3.63, 3.8) is 0 Å². The van der Waals surface area contributed by atoms with Crippen molar-refractivity contribution in [2.75, 3.05) is 47.5 Å². The van der Waals surface area contributed by atoms with E-state index in [1.807, 2.05) is 6.07 Å². The monoisotopic (exact) mass is 763 g/mol. The Balaban J connectivity index is 1.41. The van der Waals surface area contributed by atoms with Gasteiger partial charge in [0.05, 0.1) is 20.8 Å². The van der Waals surface area contributed by atoms with Crippen molar-refractivity contribution < 1.29 is 38.7 Å². The van der Waals surface area contributed by atoms with Crippen molar-refractivity contribution in [2.45, 2.75) is 37.3 Å². The lowest BCUT2D eigenvalue weighted by molar-refractivity contribution is -0.605. The maximum atomic E-state index is 13.4. The fraction of sp³-hybridized carbons (Fsp3) is 0.400. The third kappa shape index (κ3) is 8.71. The first-order valence-electron chi connectivity index (χ1n) is 15.9. The van der Waals surface area contributed by atoms with Crippen molar-refractivity contribution in [2.24, 2.45) is 5.92 Å². The number of aromatic nitrogens is 1. The highest BCUT2D eigenvalue weighted by Gasteiger charge is 2.41. The Kier molecular flexibility index (Phi) is 12.6. The number of rotatable bonds is 15. The number of halogens is 2. The molecule has 1 aliphatic rings. The van der Waals surface area contributed by atoms with Gasteiger partial charge in [0, 0.05) is 34.3 Å². The summed E-state index contributed by atoms with van der Waals surface area (Å²) in [7, 11) is 5.09. The molecule has 1 fully saturated rings. The van der Waals surface area contributed by atoms with Crippen LogP contribution in [0.25, 0.3) is 0 Å². The zero-order valence-corrected chi connectivity index (χ0v) is 31.0. The highest BCUT2D eigenvalue weighted by molar-refractivity contribution is 7.14. The summed E-state index contributed by atoms with van der Waals surface area (Å²) >= 11 is 15.3. The SMILES string of the molecule is COc1ccc([C@H](Cc2c(Cl)c[n+]([O-])cc2Cl)c2cc(CNCC(O)(C(=O)OCC3CCN(C)CC3)c3cccs3)sc2C(=O)O)cc1OC. The predicted molar refractivity (Wildman–Crippen MR) is 193 cm³/mol. The van der Waals surface area contributed by atoms with E-state index in [0.717, 1.165) is 37.3 Å². The predicted octanol–water partition coefficient (Wildman–Crippen LogP) is 5.70. The van der Waals surface area contributed by atoms with Crippen LogP contribution < -0.4 is 19.5 Å². The minimum atomic E-state index is -1.93. The second-order valence-corrected chi connectivity index (χ2v) is 15.2. The molecule has 1 aliphatic heterocycles. The minimum absolute atomic E-state index is 0.0923.